The average molecular weight is 310 g/mol. The van der Waals surface area contributed by atoms with Crippen molar-refractivity contribution >= 4 is 6.21 Å². The molecule has 0 bridgehead atoms. The Morgan fingerprint density at radius 3 is 2.59 bits per heavy atom. The predicted octanol–water partition coefficient (Wildman–Crippen LogP) is 5.05. The third kappa shape index (κ3) is 3.16. The number of hydrogen-bond donors (Lipinski definition) is 1. The van der Waals surface area contributed by atoms with Gasteiger partial charge in [0, 0.05) is 23.9 Å². The van der Waals surface area contributed by atoms with Crippen molar-refractivity contribution in [3.63, 3.8) is 0 Å². The molecule has 6 heteroatoms. The molecule has 1 aromatic carbocycles. The fourth-order valence-corrected chi connectivity index (χ4v) is 2.33. The Labute approximate surface area is 125 Å². The van der Waals surface area contributed by atoms with Crippen LogP contribution in [0.1, 0.15) is 30.4 Å². The maximum atomic E-state index is 13.6. The van der Waals surface area contributed by atoms with Gasteiger partial charge < -0.3 is 5.41 Å². The number of alkyl halides is 3. The van der Waals surface area contributed by atoms with E-state index in [4.69, 9.17) is 5.41 Å². The molecule has 1 heterocycles. The number of nitrogens with one attached hydrogen (secondary N) is 1. The van der Waals surface area contributed by atoms with Crippen LogP contribution in [0.2, 0.25) is 0 Å². The molecule has 0 saturated heterocycles. The van der Waals surface area contributed by atoms with Gasteiger partial charge in [0.15, 0.2) is 0 Å². The van der Waals surface area contributed by atoms with E-state index in [0.29, 0.717) is 12.0 Å². The summed E-state index contributed by atoms with van der Waals surface area (Å²) in [6, 6.07) is 5.75. The second-order valence-corrected chi connectivity index (χ2v) is 4.81. The lowest BCUT2D eigenvalue weighted by atomic mass is 9.90. The Hall–Kier alpha value is -2.24. The number of nitrogens with zero attached hydrogens (tertiary/aromatic N) is 1. The highest BCUT2D eigenvalue weighted by atomic mass is 19.4. The number of benzene rings is 1. The molecule has 2 nitrogen and oxygen atoms in total. The van der Waals surface area contributed by atoms with Gasteiger partial charge in [-0.05, 0) is 36.2 Å². The monoisotopic (exact) mass is 310 g/mol. The Bertz CT molecular complexity index is 680. The van der Waals surface area contributed by atoms with Crippen LogP contribution in [-0.4, -0.2) is 11.2 Å². The van der Waals surface area contributed by atoms with E-state index in [0.717, 1.165) is 18.3 Å². The summed E-state index contributed by atoms with van der Waals surface area (Å²) in [4.78, 5) is 3.81. The normalized spacial score (nSPS) is 13.0. The van der Waals surface area contributed by atoms with E-state index in [-0.39, 0.29) is 11.3 Å². The average Bonchev–Trinajstić information content (AvgIpc) is 2.49. The minimum Gasteiger partial charge on any atom is -0.312 e. The van der Waals surface area contributed by atoms with Crippen molar-refractivity contribution in [1.82, 2.24) is 4.98 Å². The van der Waals surface area contributed by atoms with Gasteiger partial charge >= 0.3 is 6.18 Å². The molecule has 1 N–H and O–H groups in total. The number of hydrogen-bond acceptors (Lipinski definition) is 2. The molecule has 22 heavy (non-hydrogen) atoms. The minimum atomic E-state index is -4.58. The standard InChI is InChI=1S/C16H14F4N2/c1-2-10(9-21)12-6-5-11(17)8-13(12)15-14(16(18,19)20)4-3-7-22-15/h3-10,21H,2H2,1H3. The summed E-state index contributed by atoms with van der Waals surface area (Å²) >= 11 is 0. The van der Waals surface area contributed by atoms with Gasteiger partial charge in [-0.15, -0.1) is 0 Å². The fourth-order valence-electron chi connectivity index (χ4n) is 2.33. The highest BCUT2D eigenvalue weighted by Crippen LogP contribution is 2.38. The zero-order valence-corrected chi connectivity index (χ0v) is 11.8. The van der Waals surface area contributed by atoms with Crippen LogP contribution in [0.15, 0.2) is 36.5 Å². The lowest BCUT2D eigenvalue weighted by Crippen LogP contribution is -2.10. The van der Waals surface area contributed by atoms with Crippen LogP contribution < -0.4 is 0 Å². The Morgan fingerprint density at radius 1 is 1.27 bits per heavy atom. The van der Waals surface area contributed by atoms with E-state index in [2.05, 4.69) is 4.98 Å². The van der Waals surface area contributed by atoms with Crippen LogP contribution in [0, 0.1) is 11.2 Å². The van der Waals surface area contributed by atoms with Crippen molar-refractivity contribution < 1.29 is 17.6 Å². The molecular weight excluding hydrogens is 296 g/mol. The van der Waals surface area contributed by atoms with Crippen molar-refractivity contribution in [2.75, 3.05) is 0 Å². The van der Waals surface area contributed by atoms with Crippen LogP contribution in [0.25, 0.3) is 11.3 Å². The molecular formula is C16H14F4N2. The van der Waals surface area contributed by atoms with Gasteiger partial charge in [0.2, 0.25) is 0 Å². The van der Waals surface area contributed by atoms with Gasteiger partial charge in [0.05, 0.1) is 11.3 Å². The first-order valence-electron chi connectivity index (χ1n) is 6.71. The van der Waals surface area contributed by atoms with E-state index in [9.17, 15) is 17.6 Å². The number of pyridine rings is 1. The Morgan fingerprint density at radius 2 is 2.00 bits per heavy atom. The summed E-state index contributed by atoms with van der Waals surface area (Å²) in [5.41, 5.74) is -0.696. The van der Waals surface area contributed by atoms with Crippen molar-refractivity contribution in [2.24, 2.45) is 0 Å². The number of halogens is 4. The molecule has 0 radical (unpaired) electrons. The second kappa shape index (κ2) is 6.25. The lowest BCUT2D eigenvalue weighted by Gasteiger charge is -2.18. The molecule has 116 valence electrons. The van der Waals surface area contributed by atoms with Crippen molar-refractivity contribution in [3.05, 3.63) is 53.5 Å². The summed E-state index contributed by atoms with van der Waals surface area (Å²) in [5.74, 6) is -1.03. The molecule has 2 aromatic rings. The van der Waals surface area contributed by atoms with Crippen LogP contribution in [0.5, 0.6) is 0 Å². The van der Waals surface area contributed by atoms with Crippen molar-refractivity contribution in [2.45, 2.75) is 25.4 Å². The number of aromatic nitrogens is 1. The van der Waals surface area contributed by atoms with Gasteiger partial charge in [-0.25, -0.2) is 4.39 Å². The first-order valence-corrected chi connectivity index (χ1v) is 6.71. The second-order valence-electron chi connectivity index (χ2n) is 4.81. The molecule has 1 aromatic heterocycles. The quantitative estimate of drug-likeness (QED) is 0.622. The highest BCUT2D eigenvalue weighted by Gasteiger charge is 2.35. The molecule has 1 atom stereocenters. The minimum absolute atomic E-state index is 0.0725. The van der Waals surface area contributed by atoms with Crippen molar-refractivity contribution in [1.29, 1.82) is 5.41 Å². The number of rotatable bonds is 4. The molecule has 0 aliphatic rings. The van der Waals surface area contributed by atoms with Gasteiger partial charge in [0.25, 0.3) is 0 Å². The maximum Gasteiger partial charge on any atom is 0.418 e. The lowest BCUT2D eigenvalue weighted by molar-refractivity contribution is -0.137. The van der Waals surface area contributed by atoms with Gasteiger partial charge in [0.1, 0.15) is 5.82 Å². The molecule has 0 aliphatic carbocycles. The summed E-state index contributed by atoms with van der Waals surface area (Å²) in [6.07, 6.45) is -1.67. The van der Waals surface area contributed by atoms with E-state index >= 15 is 0 Å². The zero-order chi connectivity index (χ0) is 16.3. The Kier molecular flexibility index (Phi) is 4.59. The molecule has 0 aliphatic heterocycles. The third-order valence-corrected chi connectivity index (χ3v) is 3.42. The first-order chi connectivity index (χ1) is 10.4. The van der Waals surface area contributed by atoms with Crippen LogP contribution in [-0.2, 0) is 6.18 Å². The van der Waals surface area contributed by atoms with E-state index in [1.54, 1.807) is 0 Å². The van der Waals surface area contributed by atoms with E-state index < -0.39 is 23.5 Å². The SMILES string of the molecule is CCC(C=N)c1ccc(F)cc1-c1ncccc1C(F)(F)F. The van der Waals surface area contributed by atoms with E-state index in [1.807, 2.05) is 6.92 Å². The highest BCUT2D eigenvalue weighted by molar-refractivity contribution is 5.75. The topological polar surface area (TPSA) is 36.7 Å². The van der Waals surface area contributed by atoms with Crippen LogP contribution in [0.4, 0.5) is 17.6 Å². The summed E-state index contributed by atoms with van der Waals surface area (Å²) in [5, 5.41) is 7.43. The van der Waals surface area contributed by atoms with Gasteiger partial charge in [-0.1, -0.05) is 13.0 Å². The van der Waals surface area contributed by atoms with Gasteiger partial charge in [-0.3, -0.25) is 4.98 Å². The molecule has 2 rings (SSSR count). The molecule has 1 unspecified atom stereocenters. The molecule has 0 spiro atoms. The van der Waals surface area contributed by atoms with E-state index in [1.165, 1.54) is 24.4 Å². The maximum absolute atomic E-state index is 13.6. The molecule has 0 saturated carbocycles. The Balaban J connectivity index is 2.72. The van der Waals surface area contributed by atoms with Gasteiger partial charge in [-0.2, -0.15) is 13.2 Å². The van der Waals surface area contributed by atoms with Crippen LogP contribution in [0.3, 0.4) is 0 Å². The largest absolute Gasteiger partial charge is 0.418 e. The fraction of sp³-hybridized carbons (Fsp3) is 0.250. The van der Waals surface area contributed by atoms with Crippen molar-refractivity contribution in [3.8, 4) is 11.3 Å². The predicted molar refractivity (Wildman–Crippen MR) is 76.4 cm³/mol. The first kappa shape index (κ1) is 16.1. The summed E-state index contributed by atoms with van der Waals surface area (Å²) in [6.45, 7) is 1.81. The summed E-state index contributed by atoms with van der Waals surface area (Å²) < 4.78 is 53.0. The zero-order valence-electron chi connectivity index (χ0n) is 11.8. The smallest absolute Gasteiger partial charge is 0.312 e. The van der Waals surface area contributed by atoms with Crippen LogP contribution >= 0.6 is 0 Å². The molecule has 0 fully saturated rings. The molecule has 0 amide bonds. The third-order valence-electron chi connectivity index (χ3n) is 3.42. The summed E-state index contributed by atoms with van der Waals surface area (Å²) in [7, 11) is 0.